The monoisotopic (exact) mass is 510 g/mol. The molecule has 0 unspecified atom stereocenters. The van der Waals surface area contributed by atoms with Crippen LogP contribution in [0.5, 0.6) is 0 Å². The van der Waals surface area contributed by atoms with E-state index in [9.17, 15) is 23.3 Å². The minimum atomic E-state index is -3.80. The van der Waals surface area contributed by atoms with Crippen molar-refractivity contribution in [3.63, 3.8) is 0 Å². The Bertz CT molecular complexity index is 1320. The second-order valence-electron chi connectivity index (χ2n) is 6.67. The second-order valence-corrected chi connectivity index (χ2v) is 9.39. The van der Waals surface area contributed by atoms with Crippen LogP contribution >= 0.6 is 23.2 Å². The Morgan fingerprint density at radius 3 is 2.45 bits per heavy atom. The molecule has 0 saturated carbocycles. The fraction of sp³-hybridized carbons (Fsp3) is 0.100. The molecule has 10 nitrogen and oxygen atoms in total. The maximum absolute atomic E-state index is 12.3. The van der Waals surface area contributed by atoms with E-state index in [1.165, 1.54) is 36.5 Å². The fourth-order valence-corrected chi connectivity index (χ4v) is 3.84. The predicted octanol–water partition coefficient (Wildman–Crippen LogP) is 4.08. The Balaban J connectivity index is 1.65. The lowest BCUT2D eigenvalue weighted by Crippen LogP contribution is -2.39. The lowest BCUT2D eigenvalue weighted by molar-refractivity contribution is -0.384. The Morgan fingerprint density at radius 1 is 1.15 bits per heavy atom. The molecule has 13 heteroatoms. The number of nitrogens with zero attached hydrogens (tertiary/aromatic N) is 3. The summed E-state index contributed by atoms with van der Waals surface area (Å²) in [6, 6.07) is 13.2. The molecule has 1 N–H and O–H groups in total. The van der Waals surface area contributed by atoms with Crippen LogP contribution in [-0.2, 0) is 14.8 Å². The van der Waals surface area contributed by atoms with Crippen molar-refractivity contribution in [3.8, 4) is 11.3 Å². The van der Waals surface area contributed by atoms with Crippen LogP contribution in [-0.4, -0.2) is 38.3 Å². The van der Waals surface area contributed by atoms with Crippen LogP contribution in [0.2, 0.25) is 10.0 Å². The number of hydrazone groups is 1. The average Bonchev–Trinajstić information content (AvgIpc) is 3.22. The second kappa shape index (κ2) is 10.0. The first kappa shape index (κ1) is 24.2. The molecule has 0 spiro atoms. The van der Waals surface area contributed by atoms with Gasteiger partial charge in [-0.15, -0.1) is 0 Å². The molecule has 33 heavy (non-hydrogen) atoms. The molecular formula is C20H16Cl2N4O6S. The summed E-state index contributed by atoms with van der Waals surface area (Å²) in [6.07, 6.45) is 2.19. The summed E-state index contributed by atoms with van der Waals surface area (Å²) < 4.78 is 30.7. The molecule has 2 aromatic carbocycles. The van der Waals surface area contributed by atoms with Gasteiger partial charge in [0.15, 0.2) is 0 Å². The van der Waals surface area contributed by atoms with Gasteiger partial charge >= 0.3 is 0 Å². The van der Waals surface area contributed by atoms with Crippen LogP contribution in [0.4, 0.5) is 11.4 Å². The number of nitro groups is 1. The van der Waals surface area contributed by atoms with Crippen molar-refractivity contribution in [1.29, 1.82) is 0 Å². The molecule has 0 radical (unpaired) electrons. The minimum Gasteiger partial charge on any atom is -0.455 e. The fourth-order valence-electron chi connectivity index (χ4n) is 2.70. The number of carbonyl (C=O) groups is 1. The van der Waals surface area contributed by atoms with Crippen molar-refractivity contribution in [2.24, 2.45) is 5.10 Å². The zero-order valence-corrected chi connectivity index (χ0v) is 19.3. The smallest absolute Gasteiger partial charge is 0.269 e. The SMILES string of the molecule is CS(=O)(=O)N(CC(=O)N/N=C\c1ccc(-c2ccc([N+](=O)[O-])cc2)o1)c1ccc(Cl)c(Cl)c1. The third-order valence-electron chi connectivity index (χ3n) is 4.25. The molecule has 172 valence electrons. The Morgan fingerprint density at radius 2 is 1.85 bits per heavy atom. The molecule has 1 heterocycles. The van der Waals surface area contributed by atoms with E-state index >= 15 is 0 Å². The van der Waals surface area contributed by atoms with Crippen molar-refractivity contribution < 1.29 is 22.6 Å². The van der Waals surface area contributed by atoms with Crippen molar-refractivity contribution >= 4 is 56.7 Å². The number of nitrogens with one attached hydrogen (secondary N) is 1. The molecule has 1 aromatic heterocycles. The highest BCUT2D eigenvalue weighted by molar-refractivity contribution is 7.92. The van der Waals surface area contributed by atoms with Crippen LogP contribution in [0, 0.1) is 10.1 Å². The third-order valence-corrected chi connectivity index (χ3v) is 6.13. The number of non-ortho nitro benzene ring substituents is 1. The van der Waals surface area contributed by atoms with Gasteiger partial charge in [0.25, 0.3) is 11.6 Å². The van der Waals surface area contributed by atoms with Gasteiger partial charge in [0.1, 0.15) is 18.1 Å². The Hall–Kier alpha value is -3.41. The number of anilines is 1. The van der Waals surface area contributed by atoms with Gasteiger partial charge in [-0.3, -0.25) is 19.2 Å². The van der Waals surface area contributed by atoms with Gasteiger partial charge in [-0.25, -0.2) is 13.8 Å². The molecular weight excluding hydrogens is 495 g/mol. The van der Waals surface area contributed by atoms with E-state index in [2.05, 4.69) is 10.5 Å². The number of furan rings is 1. The normalized spacial score (nSPS) is 11.5. The zero-order valence-electron chi connectivity index (χ0n) is 16.9. The van der Waals surface area contributed by atoms with E-state index in [0.717, 1.165) is 10.6 Å². The number of rotatable bonds is 8. The Kier molecular flexibility index (Phi) is 7.36. The molecule has 0 aliphatic heterocycles. The summed E-state index contributed by atoms with van der Waals surface area (Å²) in [5, 5.41) is 14.9. The van der Waals surface area contributed by atoms with Crippen molar-refractivity contribution in [1.82, 2.24) is 5.43 Å². The van der Waals surface area contributed by atoms with E-state index in [1.807, 2.05) is 0 Å². The van der Waals surface area contributed by atoms with Crippen molar-refractivity contribution in [2.45, 2.75) is 0 Å². The van der Waals surface area contributed by atoms with Gasteiger partial charge in [-0.2, -0.15) is 5.10 Å². The summed E-state index contributed by atoms with van der Waals surface area (Å²) in [7, 11) is -3.80. The number of nitro benzene ring substituents is 1. The van der Waals surface area contributed by atoms with E-state index in [4.69, 9.17) is 27.6 Å². The standard InChI is InChI=1S/C20H16Cl2N4O6S/c1-33(30,31)25(15-6-8-17(21)18(22)10-15)12-20(27)24-23-11-16-7-9-19(32-16)13-2-4-14(5-3-13)26(28)29/h2-11H,12H2,1H3,(H,24,27)/b23-11-. The van der Waals surface area contributed by atoms with E-state index in [-0.39, 0.29) is 21.4 Å². The van der Waals surface area contributed by atoms with Gasteiger partial charge < -0.3 is 4.42 Å². The number of carbonyl (C=O) groups excluding carboxylic acids is 1. The molecule has 0 saturated heterocycles. The highest BCUT2D eigenvalue weighted by atomic mass is 35.5. The van der Waals surface area contributed by atoms with E-state index in [1.54, 1.807) is 24.3 Å². The minimum absolute atomic E-state index is 0.0428. The van der Waals surface area contributed by atoms with Crippen LogP contribution in [0.25, 0.3) is 11.3 Å². The maximum Gasteiger partial charge on any atom is 0.269 e. The van der Waals surface area contributed by atoms with Crippen LogP contribution < -0.4 is 9.73 Å². The lowest BCUT2D eigenvalue weighted by atomic mass is 10.1. The first-order valence-electron chi connectivity index (χ1n) is 9.14. The number of halogens is 2. The van der Waals surface area contributed by atoms with E-state index in [0.29, 0.717) is 17.1 Å². The summed E-state index contributed by atoms with van der Waals surface area (Å²) >= 11 is 11.8. The molecule has 3 aromatic rings. The van der Waals surface area contributed by atoms with Gasteiger partial charge in [-0.05, 0) is 42.5 Å². The highest BCUT2D eigenvalue weighted by Gasteiger charge is 2.21. The van der Waals surface area contributed by atoms with E-state index < -0.39 is 27.4 Å². The molecule has 0 bridgehead atoms. The molecule has 3 rings (SSSR count). The largest absolute Gasteiger partial charge is 0.455 e. The molecule has 0 aliphatic carbocycles. The molecule has 0 fully saturated rings. The first-order valence-corrected chi connectivity index (χ1v) is 11.7. The maximum atomic E-state index is 12.3. The lowest BCUT2D eigenvalue weighted by Gasteiger charge is -2.21. The average molecular weight is 511 g/mol. The number of sulfonamides is 1. The number of hydrogen-bond donors (Lipinski definition) is 1. The number of hydrogen-bond acceptors (Lipinski definition) is 7. The summed E-state index contributed by atoms with van der Waals surface area (Å²) in [6.45, 7) is -0.541. The summed E-state index contributed by atoms with van der Waals surface area (Å²) in [5.74, 6) is 0.0403. The van der Waals surface area contributed by atoms with Crippen molar-refractivity contribution in [2.75, 3.05) is 17.1 Å². The third kappa shape index (κ3) is 6.31. The zero-order chi connectivity index (χ0) is 24.2. The van der Waals surface area contributed by atoms with Crippen LogP contribution in [0.15, 0.2) is 64.1 Å². The number of amides is 1. The van der Waals surface area contributed by atoms with Gasteiger partial charge in [0.2, 0.25) is 10.0 Å². The molecule has 0 atom stereocenters. The van der Waals surface area contributed by atoms with Gasteiger partial charge in [0.05, 0.1) is 33.1 Å². The van der Waals surface area contributed by atoms with Gasteiger partial charge in [-0.1, -0.05) is 23.2 Å². The quantitative estimate of drug-likeness (QED) is 0.275. The van der Waals surface area contributed by atoms with Crippen LogP contribution in [0.1, 0.15) is 5.76 Å². The summed E-state index contributed by atoms with van der Waals surface area (Å²) in [5.41, 5.74) is 2.98. The number of benzene rings is 2. The molecule has 1 amide bonds. The highest BCUT2D eigenvalue weighted by Crippen LogP contribution is 2.28. The Labute approximate surface area is 198 Å². The first-order chi connectivity index (χ1) is 15.5. The molecule has 0 aliphatic rings. The summed E-state index contributed by atoms with van der Waals surface area (Å²) in [4.78, 5) is 22.5. The predicted molar refractivity (Wildman–Crippen MR) is 125 cm³/mol. The topological polar surface area (TPSA) is 135 Å². The van der Waals surface area contributed by atoms with Crippen molar-refractivity contribution in [3.05, 3.63) is 80.5 Å². The van der Waals surface area contributed by atoms with Crippen LogP contribution in [0.3, 0.4) is 0 Å². The van der Waals surface area contributed by atoms with Gasteiger partial charge in [0, 0.05) is 17.7 Å².